The molecule has 2 fully saturated rings. The standard InChI is InChI=1S/C18H34N2O/c1-18(2,3)14-11-9-13(10-12-14)17(21)20-16-8-6-4-5-7-15(16)19/h13-16H,4-12,19H2,1-3H3,(H,20,21). The number of nitrogens with one attached hydrogen (secondary N) is 1. The quantitative estimate of drug-likeness (QED) is 0.764. The van der Waals surface area contributed by atoms with Crippen LogP contribution < -0.4 is 11.1 Å². The van der Waals surface area contributed by atoms with Gasteiger partial charge in [0.15, 0.2) is 0 Å². The van der Waals surface area contributed by atoms with Gasteiger partial charge in [-0.2, -0.15) is 0 Å². The first-order chi connectivity index (χ1) is 9.88. The number of hydrogen-bond acceptors (Lipinski definition) is 2. The highest BCUT2D eigenvalue weighted by atomic mass is 16.1. The maximum Gasteiger partial charge on any atom is 0.223 e. The molecule has 21 heavy (non-hydrogen) atoms. The molecule has 122 valence electrons. The van der Waals surface area contributed by atoms with Crippen LogP contribution in [0.15, 0.2) is 0 Å². The topological polar surface area (TPSA) is 55.1 Å². The molecule has 2 rings (SSSR count). The van der Waals surface area contributed by atoms with Crippen LogP contribution in [0.1, 0.15) is 78.6 Å². The molecule has 2 unspecified atom stereocenters. The molecular formula is C18H34N2O. The number of hydrogen-bond donors (Lipinski definition) is 2. The molecule has 0 aliphatic heterocycles. The molecule has 3 nitrogen and oxygen atoms in total. The molecule has 2 aliphatic rings. The predicted molar refractivity (Wildman–Crippen MR) is 87.9 cm³/mol. The molecule has 2 atom stereocenters. The van der Waals surface area contributed by atoms with Gasteiger partial charge in [0.2, 0.25) is 5.91 Å². The van der Waals surface area contributed by atoms with Crippen molar-refractivity contribution in [3.05, 3.63) is 0 Å². The van der Waals surface area contributed by atoms with Crippen molar-refractivity contribution in [2.45, 2.75) is 90.6 Å². The fourth-order valence-electron chi connectivity index (χ4n) is 4.04. The summed E-state index contributed by atoms with van der Waals surface area (Å²) in [7, 11) is 0. The van der Waals surface area contributed by atoms with Crippen LogP contribution >= 0.6 is 0 Å². The fourth-order valence-corrected chi connectivity index (χ4v) is 4.04. The molecule has 0 aromatic rings. The Morgan fingerprint density at radius 3 is 2.19 bits per heavy atom. The second kappa shape index (κ2) is 7.13. The van der Waals surface area contributed by atoms with Gasteiger partial charge in [-0.1, -0.05) is 40.0 Å². The van der Waals surface area contributed by atoms with Gasteiger partial charge in [0.25, 0.3) is 0 Å². The normalized spacial score (nSPS) is 35.0. The zero-order valence-electron chi connectivity index (χ0n) is 14.2. The van der Waals surface area contributed by atoms with Gasteiger partial charge in [0.1, 0.15) is 0 Å². The Bertz CT molecular complexity index is 340. The SMILES string of the molecule is CC(C)(C)C1CCC(C(=O)NC2CCCCCC2N)CC1. The highest BCUT2D eigenvalue weighted by Gasteiger charge is 2.33. The summed E-state index contributed by atoms with van der Waals surface area (Å²) in [6, 6.07) is 0.364. The summed E-state index contributed by atoms with van der Waals surface area (Å²) in [5.74, 6) is 1.26. The molecule has 0 aromatic heterocycles. The number of nitrogens with two attached hydrogens (primary N) is 1. The molecule has 0 saturated heterocycles. The number of carbonyl (C=O) groups excluding carboxylic acids is 1. The molecule has 0 bridgehead atoms. The van der Waals surface area contributed by atoms with Crippen LogP contribution in [-0.4, -0.2) is 18.0 Å². The van der Waals surface area contributed by atoms with Crippen molar-refractivity contribution in [3.8, 4) is 0 Å². The van der Waals surface area contributed by atoms with Gasteiger partial charge in [0.05, 0.1) is 0 Å². The average molecular weight is 294 g/mol. The first-order valence-corrected chi connectivity index (χ1v) is 8.94. The lowest BCUT2D eigenvalue weighted by molar-refractivity contribution is -0.127. The largest absolute Gasteiger partial charge is 0.352 e. The van der Waals surface area contributed by atoms with E-state index in [1.54, 1.807) is 0 Å². The van der Waals surface area contributed by atoms with Crippen LogP contribution in [0.3, 0.4) is 0 Å². The third kappa shape index (κ3) is 4.70. The molecule has 1 amide bonds. The third-order valence-corrected chi connectivity index (χ3v) is 5.72. The zero-order valence-corrected chi connectivity index (χ0v) is 14.2. The van der Waals surface area contributed by atoms with E-state index in [4.69, 9.17) is 5.73 Å². The molecule has 3 heteroatoms. The van der Waals surface area contributed by atoms with Crippen LogP contribution in [0.25, 0.3) is 0 Å². The second-order valence-electron chi connectivity index (χ2n) is 8.33. The molecule has 2 saturated carbocycles. The Hall–Kier alpha value is -0.570. The highest BCUT2D eigenvalue weighted by molar-refractivity contribution is 5.79. The summed E-state index contributed by atoms with van der Waals surface area (Å²) >= 11 is 0. The van der Waals surface area contributed by atoms with Crippen molar-refractivity contribution < 1.29 is 4.79 Å². The van der Waals surface area contributed by atoms with E-state index in [1.807, 2.05) is 0 Å². The molecule has 0 spiro atoms. The molecule has 0 aromatic carbocycles. The van der Waals surface area contributed by atoms with Gasteiger partial charge in [-0.15, -0.1) is 0 Å². The smallest absolute Gasteiger partial charge is 0.223 e. The second-order valence-corrected chi connectivity index (χ2v) is 8.33. The first kappa shape index (κ1) is 16.8. The minimum Gasteiger partial charge on any atom is -0.352 e. The van der Waals surface area contributed by atoms with E-state index in [9.17, 15) is 4.79 Å². The van der Waals surface area contributed by atoms with Crippen molar-refractivity contribution >= 4 is 5.91 Å². The number of carbonyl (C=O) groups is 1. The Balaban J connectivity index is 1.81. The van der Waals surface area contributed by atoms with E-state index in [1.165, 1.54) is 32.1 Å². The van der Waals surface area contributed by atoms with E-state index in [0.717, 1.165) is 31.6 Å². The lowest BCUT2D eigenvalue weighted by Crippen LogP contribution is -2.49. The van der Waals surface area contributed by atoms with Gasteiger partial charge < -0.3 is 11.1 Å². The van der Waals surface area contributed by atoms with Gasteiger partial charge in [0, 0.05) is 18.0 Å². The lowest BCUT2D eigenvalue weighted by atomic mass is 9.69. The van der Waals surface area contributed by atoms with Crippen LogP contribution in [0.5, 0.6) is 0 Å². The van der Waals surface area contributed by atoms with Crippen LogP contribution in [0.2, 0.25) is 0 Å². The summed E-state index contributed by atoms with van der Waals surface area (Å²) in [4.78, 5) is 12.5. The van der Waals surface area contributed by atoms with Gasteiger partial charge in [-0.3, -0.25) is 4.79 Å². The summed E-state index contributed by atoms with van der Waals surface area (Å²) in [6.45, 7) is 6.97. The van der Waals surface area contributed by atoms with E-state index >= 15 is 0 Å². The number of amides is 1. The Labute approximate surface area is 130 Å². The summed E-state index contributed by atoms with van der Waals surface area (Å²) in [5.41, 5.74) is 6.60. The minimum absolute atomic E-state index is 0.155. The third-order valence-electron chi connectivity index (χ3n) is 5.72. The van der Waals surface area contributed by atoms with Gasteiger partial charge >= 0.3 is 0 Å². The molecule has 3 N–H and O–H groups in total. The van der Waals surface area contributed by atoms with Crippen LogP contribution in [0, 0.1) is 17.3 Å². The van der Waals surface area contributed by atoms with E-state index in [0.29, 0.717) is 5.41 Å². The molecule has 0 radical (unpaired) electrons. The van der Waals surface area contributed by atoms with Crippen molar-refractivity contribution in [1.29, 1.82) is 0 Å². The van der Waals surface area contributed by atoms with Crippen molar-refractivity contribution in [2.75, 3.05) is 0 Å². The lowest BCUT2D eigenvalue weighted by Gasteiger charge is -2.37. The average Bonchev–Trinajstić information content (AvgIpc) is 2.63. The predicted octanol–water partition coefficient (Wildman–Crippen LogP) is 3.62. The molecule has 0 heterocycles. The maximum atomic E-state index is 12.5. The van der Waals surface area contributed by atoms with Crippen molar-refractivity contribution in [2.24, 2.45) is 23.0 Å². The van der Waals surface area contributed by atoms with E-state index in [-0.39, 0.29) is 23.9 Å². The monoisotopic (exact) mass is 294 g/mol. The van der Waals surface area contributed by atoms with Crippen molar-refractivity contribution in [1.82, 2.24) is 5.32 Å². The van der Waals surface area contributed by atoms with Crippen LogP contribution in [-0.2, 0) is 4.79 Å². The molecule has 2 aliphatic carbocycles. The minimum atomic E-state index is 0.155. The number of rotatable bonds is 2. The van der Waals surface area contributed by atoms with Crippen LogP contribution in [0.4, 0.5) is 0 Å². The fraction of sp³-hybridized carbons (Fsp3) is 0.944. The highest BCUT2D eigenvalue weighted by Crippen LogP contribution is 2.39. The van der Waals surface area contributed by atoms with Gasteiger partial charge in [-0.05, 0) is 49.9 Å². The summed E-state index contributed by atoms with van der Waals surface area (Å²) in [6.07, 6.45) is 10.3. The van der Waals surface area contributed by atoms with Gasteiger partial charge in [-0.25, -0.2) is 0 Å². The Kier molecular flexibility index (Phi) is 5.70. The maximum absolute atomic E-state index is 12.5. The van der Waals surface area contributed by atoms with E-state index < -0.39 is 0 Å². The zero-order chi connectivity index (χ0) is 15.5. The summed E-state index contributed by atoms with van der Waals surface area (Å²) < 4.78 is 0. The Morgan fingerprint density at radius 2 is 1.57 bits per heavy atom. The van der Waals surface area contributed by atoms with Crippen molar-refractivity contribution in [3.63, 3.8) is 0 Å². The summed E-state index contributed by atoms with van der Waals surface area (Å²) in [5, 5.41) is 3.27. The first-order valence-electron chi connectivity index (χ1n) is 8.94. The molecular weight excluding hydrogens is 260 g/mol. The Morgan fingerprint density at radius 1 is 0.952 bits per heavy atom. The van der Waals surface area contributed by atoms with E-state index in [2.05, 4.69) is 26.1 Å².